The Bertz CT molecular complexity index is 471. The predicted octanol–water partition coefficient (Wildman–Crippen LogP) is 3.09. The molecule has 0 saturated carbocycles. The molecule has 0 saturated heterocycles. The topological polar surface area (TPSA) is 58.6 Å². The maximum atomic E-state index is 11.0. The molecule has 0 aliphatic heterocycles. The Morgan fingerprint density at radius 1 is 1.33 bits per heavy atom. The minimum Gasteiger partial charge on any atom is -0.496 e. The molecule has 1 unspecified atom stereocenters. The van der Waals surface area contributed by atoms with E-state index in [9.17, 15) is 4.79 Å². The van der Waals surface area contributed by atoms with Crippen LogP contribution in [0.5, 0.6) is 5.75 Å². The molecule has 1 aromatic rings. The fourth-order valence-corrected chi connectivity index (χ4v) is 2.47. The molecule has 0 heterocycles. The van der Waals surface area contributed by atoms with Gasteiger partial charge in [0.15, 0.2) is 0 Å². The van der Waals surface area contributed by atoms with Gasteiger partial charge in [-0.1, -0.05) is 19.4 Å². The molecule has 0 amide bonds. The minimum atomic E-state index is -0.758. The molecule has 1 atom stereocenters. The first-order valence-corrected chi connectivity index (χ1v) is 7.57. The third-order valence-electron chi connectivity index (χ3n) is 3.70. The number of carbonyl (C=O) groups is 1. The highest BCUT2D eigenvalue weighted by atomic mass is 16.5. The van der Waals surface area contributed by atoms with Crippen LogP contribution >= 0.6 is 0 Å². The van der Waals surface area contributed by atoms with Crippen LogP contribution in [0.1, 0.15) is 42.9 Å². The normalized spacial score (nSPS) is 12.2. The van der Waals surface area contributed by atoms with E-state index < -0.39 is 5.97 Å². The number of aryl methyl sites for hydroxylation is 2. The van der Waals surface area contributed by atoms with Crippen molar-refractivity contribution < 1.29 is 14.6 Å². The SMILES string of the molecule is CCCCNC(CC(=O)O)Cc1cc(C)c(OC)cc1C. The van der Waals surface area contributed by atoms with Gasteiger partial charge in [0.25, 0.3) is 0 Å². The zero-order valence-corrected chi connectivity index (χ0v) is 13.5. The lowest BCUT2D eigenvalue weighted by atomic mass is 9.96. The number of nitrogens with one attached hydrogen (secondary N) is 1. The molecule has 0 bridgehead atoms. The van der Waals surface area contributed by atoms with E-state index in [2.05, 4.69) is 18.3 Å². The number of hydrogen-bond acceptors (Lipinski definition) is 3. The third-order valence-corrected chi connectivity index (χ3v) is 3.70. The number of methoxy groups -OCH3 is 1. The van der Waals surface area contributed by atoms with Crippen molar-refractivity contribution >= 4 is 5.97 Å². The highest BCUT2D eigenvalue weighted by molar-refractivity contribution is 5.67. The molecule has 0 aliphatic rings. The second kappa shape index (κ2) is 8.67. The van der Waals surface area contributed by atoms with Crippen molar-refractivity contribution in [3.63, 3.8) is 0 Å². The highest BCUT2D eigenvalue weighted by Gasteiger charge is 2.15. The number of ether oxygens (including phenoxy) is 1. The van der Waals surface area contributed by atoms with Crippen LogP contribution in [-0.4, -0.2) is 30.8 Å². The summed E-state index contributed by atoms with van der Waals surface area (Å²) in [5, 5.41) is 12.4. The van der Waals surface area contributed by atoms with E-state index in [0.29, 0.717) is 0 Å². The molecule has 1 rings (SSSR count). The standard InChI is InChI=1S/C17H27NO3/c1-5-6-7-18-15(11-17(19)20)10-14-8-13(3)16(21-4)9-12(14)2/h8-9,15,18H,5-7,10-11H2,1-4H3,(H,19,20). The molecule has 0 aliphatic carbocycles. The molecular weight excluding hydrogens is 266 g/mol. The van der Waals surface area contributed by atoms with Crippen molar-refractivity contribution in [1.82, 2.24) is 5.32 Å². The third kappa shape index (κ3) is 5.76. The summed E-state index contributed by atoms with van der Waals surface area (Å²) in [6.45, 7) is 7.05. The number of carboxylic acid groups (broad SMARTS) is 1. The van der Waals surface area contributed by atoms with Gasteiger partial charge in [-0.2, -0.15) is 0 Å². The van der Waals surface area contributed by atoms with Gasteiger partial charge >= 0.3 is 5.97 Å². The van der Waals surface area contributed by atoms with Crippen LogP contribution in [0.15, 0.2) is 12.1 Å². The van der Waals surface area contributed by atoms with Gasteiger partial charge in [0.1, 0.15) is 5.75 Å². The Morgan fingerprint density at radius 2 is 2.05 bits per heavy atom. The number of aliphatic carboxylic acids is 1. The van der Waals surface area contributed by atoms with Crippen LogP contribution in [0.4, 0.5) is 0 Å². The zero-order valence-electron chi connectivity index (χ0n) is 13.5. The van der Waals surface area contributed by atoms with Crippen LogP contribution in [-0.2, 0) is 11.2 Å². The molecule has 0 aromatic heterocycles. The van der Waals surface area contributed by atoms with Crippen molar-refractivity contribution in [2.45, 2.75) is 52.5 Å². The summed E-state index contributed by atoms with van der Waals surface area (Å²) >= 11 is 0. The summed E-state index contributed by atoms with van der Waals surface area (Å²) < 4.78 is 5.32. The smallest absolute Gasteiger partial charge is 0.304 e. The summed E-state index contributed by atoms with van der Waals surface area (Å²) in [6, 6.07) is 4.10. The molecule has 4 heteroatoms. The van der Waals surface area contributed by atoms with Crippen molar-refractivity contribution in [2.24, 2.45) is 0 Å². The van der Waals surface area contributed by atoms with Gasteiger partial charge < -0.3 is 15.2 Å². The summed E-state index contributed by atoms with van der Waals surface area (Å²) in [5.74, 6) is 0.122. The van der Waals surface area contributed by atoms with Gasteiger partial charge in [0.05, 0.1) is 13.5 Å². The van der Waals surface area contributed by atoms with E-state index in [0.717, 1.165) is 42.7 Å². The Hall–Kier alpha value is -1.55. The van der Waals surface area contributed by atoms with Gasteiger partial charge in [-0.3, -0.25) is 4.79 Å². The molecule has 1 aromatic carbocycles. The Morgan fingerprint density at radius 3 is 2.62 bits per heavy atom. The Balaban J connectivity index is 2.81. The molecule has 0 radical (unpaired) electrons. The zero-order chi connectivity index (χ0) is 15.8. The minimum absolute atomic E-state index is 0.0273. The molecule has 2 N–H and O–H groups in total. The van der Waals surface area contributed by atoms with Crippen LogP contribution in [0.3, 0.4) is 0 Å². The maximum Gasteiger partial charge on any atom is 0.304 e. The van der Waals surface area contributed by atoms with Crippen LogP contribution in [0.2, 0.25) is 0 Å². The van der Waals surface area contributed by atoms with E-state index >= 15 is 0 Å². The van der Waals surface area contributed by atoms with Crippen molar-refractivity contribution in [2.75, 3.05) is 13.7 Å². The summed E-state index contributed by atoms with van der Waals surface area (Å²) in [6.07, 6.45) is 3.05. The Kier molecular flexibility index (Phi) is 7.23. The fraction of sp³-hybridized carbons (Fsp3) is 0.588. The quantitative estimate of drug-likeness (QED) is 0.687. The van der Waals surface area contributed by atoms with Crippen LogP contribution in [0, 0.1) is 13.8 Å². The second-order valence-electron chi connectivity index (χ2n) is 5.55. The number of hydrogen-bond donors (Lipinski definition) is 2. The largest absolute Gasteiger partial charge is 0.496 e. The van der Waals surface area contributed by atoms with E-state index in [1.807, 2.05) is 19.9 Å². The lowest BCUT2D eigenvalue weighted by Gasteiger charge is -2.19. The average Bonchev–Trinajstić information content (AvgIpc) is 2.42. The summed E-state index contributed by atoms with van der Waals surface area (Å²) in [5.41, 5.74) is 3.41. The molecule has 118 valence electrons. The highest BCUT2D eigenvalue weighted by Crippen LogP contribution is 2.23. The summed E-state index contributed by atoms with van der Waals surface area (Å²) in [4.78, 5) is 11.0. The lowest BCUT2D eigenvalue weighted by molar-refractivity contribution is -0.137. The summed E-state index contributed by atoms with van der Waals surface area (Å²) in [7, 11) is 1.67. The van der Waals surface area contributed by atoms with Gasteiger partial charge in [-0.05, 0) is 56.0 Å². The molecule has 4 nitrogen and oxygen atoms in total. The molecule has 21 heavy (non-hydrogen) atoms. The van der Waals surface area contributed by atoms with Crippen LogP contribution < -0.4 is 10.1 Å². The number of carboxylic acids is 1. The number of rotatable bonds is 9. The van der Waals surface area contributed by atoms with E-state index in [1.165, 1.54) is 5.56 Å². The van der Waals surface area contributed by atoms with Crippen molar-refractivity contribution in [1.29, 1.82) is 0 Å². The monoisotopic (exact) mass is 293 g/mol. The van der Waals surface area contributed by atoms with Gasteiger partial charge in [-0.15, -0.1) is 0 Å². The first-order chi connectivity index (χ1) is 9.97. The first-order valence-electron chi connectivity index (χ1n) is 7.57. The molecule has 0 fully saturated rings. The number of unbranched alkanes of at least 4 members (excludes halogenated alkanes) is 1. The predicted molar refractivity (Wildman–Crippen MR) is 85.1 cm³/mol. The Labute approximate surface area is 127 Å². The fourth-order valence-electron chi connectivity index (χ4n) is 2.47. The second-order valence-corrected chi connectivity index (χ2v) is 5.55. The van der Waals surface area contributed by atoms with E-state index in [1.54, 1.807) is 7.11 Å². The molecule has 0 spiro atoms. The van der Waals surface area contributed by atoms with Gasteiger partial charge in [0.2, 0.25) is 0 Å². The van der Waals surface area contributed by atoms with Gasteiger partial charge in [0, 0.05) is 6.04 Å². The van der Waals surface area contributed by atoms with E-state index in [-0.39, 0.29) is 12.5 Å². The first kappa shape index (κ1) is 17.5. The average molecular weight is 293 g/mol. The maximum absolute atomic E-state index is 11.0. The molecular formula is C17H27NO3. The van der Waals surface area contributed by atoms with Crippen molar-refractivity contribution in [3.8, 4) is 5.75 Å². The van der Waals surface area contributed by atoms with Gasteiger partial charge in [-0.25, -0.2) is 0 Å². The van der Waals surface area contributed by atoms with Crippen LogP contribution in [0.25, 0.3) is 0 Å². The van der Waals surface area contributed by atoms with Crippen molar-refractivity contribution in [3.05, 3.63) is 28.8 Å². The lowest BCUT2D eigenvalue weighted by Crippen LogP contribution is -2.34. The van der Waals surface area contributed by atoms with E-state index in [4.69, 9.17) is 9.84 Å². The number of benzene rings is 1.